The van der Waals surface area contributed by atoms with Gasteiger partial charge in [-0.3, -0.25) is 0 Å². The van der Waals surface area contributed by atoms with E-state index in [0.717, 1.165) is 13.0 Å². The Labute approximate surface area is 110 Å². The third-order valence-corrected chi connectivity index (χ3v) is 4.94. The number of hydrogen-bond donors (Lipinski definition) is 1. The molecule has 1 spiro atoms. The lowest BCUT2D eigenvalue weighted by molar-refractivity contribution is 0.253. The van der Waals surface area contributed by atoms with Crippen LogP contribution in [0.5, 0.6) is 0 Å². The number of benzene rings is 1. The Morgan fingerprint density at radius 1 is 1.17 bits per heavy atom. The van der Waals surface area contributed by atoms with Crippen LogP contribution in [0.1, 0.15) is 31.2 Å². The van der Waals surface area contributed by atoms with E-state index in [1.165, 1.54) is 44.3 Å². The number of likely N-dealkylation sites (tertiary alicyclic amines) is 1. The Morgan fingerprint density at radius 2 is 1.89 bits per heavy atom. The molecule has 2 heteroatoms. The first kappa shape index (κ1) is 12.2. The van der Waals surface area contributed by atoms with E-state index in [0.29, 0.717) is 11.5 Å². The van der Waals surface area contributed by atoms with E-state index in [2.05, 4.69) is 35.2 Å². The van der Waals surface area contributed by atoms with Crippen LogP contribution < -0.4 is 5.73 Å². The fourth-order valence-corrected chi connectivity index (χ4v) is 3.81. The van der Waals surface area contributed by atoms with Crippen LogP contribution in [0.4, 0.5) is 0 Å². The molecule has 1 aromatic carbocycles. The van der Waals surface area contributed by atoms with Crippen LogP contribution in [0.3, 0.4) is 0 Å². The van der Waals surface area contributed by atoms with Crippen LogP contribution in [0.15, 0.2) is 30.3 Å². The zero-order valence-electron chi connectivity index (χ0n) is 11.1. The van der Waals surface area contributed by atoms with Gasteiger partial charge in [0.15, 0.2) is 0 Å². The third kappa shape index (κ3) is 2.32. The Hall–Kier alpha value is -0.860. The van der Waals surface area contributed by atoms with Gasteiger partial charge in [0.1, 0.15) is 0 Å². The minimum Gasteiger partial charge on any atom is -0.326 e. The van der Waals surface area contributed by atoms with E-state index in [9.17, 15) is 0 Å². The second kappa shape index (κ2) is 5.02. The molecule has 1 aliphatic carbocycles. The molecule has 98 valence electrons. The van der Waals surface area contributed by atoms with Crippen LogP contribution in [0, 0.1) is 5.41 Å². The zero-order chi connectivity index (χ0) is 12.4. The van der Waals surface area contributed by atoms with E-state index in [4.69, 9.17) is 5.73 Å². The monoisotopic (exact) mass is 244 g/mol. The van der Waals surface area contributed by atoms with Crippen molar-refractivity contribution >= 4 is 0 Å². The maximum atomic E-state index is 6.39. The quantitative estimate of drug-likeness (QED) is 0.885. The van der Waals surface area contributed by atoms with Crippen LogP contribution in [-0.4, -0.2) is 30.6 Å². The smallest absolute Gasteiger partial charge is 0.0237 e. The predicted molar refractivity (Wildman–Crippen MR) is 75.5 cm³/mol. The molecule has 0 bridgehead atoms. The van der Waals surface area contributed by atoms with E-state index >= 15 is 0 Å². The molecule has 18 heavy (non-hydrogen) atoms. The molecular formula is C16H24N2. The minimum atomic E-state index is 0.413. The molecule has 2 nitrogen and oxygen atoms in total. The summed E-state index contributed by atoms with van der Waals surface area (Å²) in [6.45, 7) is 3.51. The summed E-state index contributed by atoms with van der Waals surface area (Å²) in [4.78, 5) is 2.59. The van der Waals surface area contributed by atoms with Crippen LogP contribution in [0.25, 0.3) is 0 Å². The van der Waals surface area contributed by atoms with Crippen molar-refractivity contribution in [2.24, 2.45) is 11.1 Å². The Kier molecular flexibility index (Phi) is 3.40. The van der Waals surface area contributed by atoms with Gasteiger partial charge in [0.2, 0.25) is 0 Å². The number of rotatable bonds is 3. The molecule has 1 saturated carbocycles. The second-order valence-electron chi connectivity index (χ2n) is 6.15. The molecule has 0 aromatic heterocycles. The molecule has 2 fully saturated rings. The van der Waals surface area contributed by atoms with Gasteiger partial charge in [0, 0.05) is 25.7 Å². The van der Waals surface area contributed by atoms with Gasteiger partial charge in [0.05, 0.1) is 0 Å². The largest absolute Gasteiger partial charge is 0.326 e. The normalized spacial score (nSPS) is 27.1. The first-order valence-electron chi connectivity index (χ1n) is 7.30. The fraction of sp³-hybridized carbons (Fsp3) is 0.625. The number of nitrogens with zero attached hydrogens (tertiary/aromatic N) is 1. The van der Waals surface area contributed by atoms with Crippen molar-refractivity contribution in [2.75, 3.05) is 19.6 Å². The molecule has 0 amide bonds. The topological polar surface area (TPSA) is 29.3 Å². The summed E-state index contributed by atoms with van der Waals surface area (Å²) in [6, 6.07) is 11.2. The highest BCUT2D eigenvalue weighted by Crippen LogP contribution is 2.44. The fourth-order valence-electron chi connectivity index (χ4n) is 3.81. The third-order valence-electron chi connectivity index (χ3n) is 4.94. The predicted octanol–water partition coefficient (Wildman–Crippen LogP) is 2.43. The average molecular weight is 244 g/mol. The van der Waals surface area contributed by atoms with Gasteiger partial charge in [-0.15, -0.1) is 0 Å². The van der Waals surface area contributed by atoms with Crippen molar-refractivity contribution in [2.45, 2.75) is 38.1 Å². The molecule has 1 unspecified atom stereocenters. The number of hydrogen-bond acceptors (Lipinski definition) is 2. The van der Waals surface area contributed by atoms with Crippen molar-refractivity contribution in [3.05, 3.63) is 35.9 Å². The van der Waals surface area contributed by atoms with E-state index < -0.39 is 0 Å². The van der Waals surface area contributed by atoms with Gasteiger partial charge in [-0.2, -0.15) is 0 Å². The molecule has 1 aromatic rings. The summed E-state index contributed by atoms with van der Waals surface area (Å²) < 4.78 is 0. The van der Waals surface area contributed by atoms with Gasteiger partial charge < -0.3 is 10.6 Å². The molecule has 1 atom stereocenters. The zero-order valence-corrected chi connectivity index (χ0v) is 11.1. The Bertz CT molecular complexity index is 381. The maximum absolute atomic E-state index is 6.39. The van der Waals surface area contributed by atoms with Gasteiger partial charge in [-0.05, 0) is 30.2 Å². The van der Waals surface area contributed by atoms with Crippen LogP contribution >= 0.6 is 0 Å². The Morgan fingerprint density at radius 3 is 2.61 bits per heavy atom. The molecular weight excluding hydrogens is 220 g/mol. The summed E-state index contributed by atoms with van der Waals surface area (Å²) in [7, 11) is 0. The van der Waals surface area contributed by atoms with Crippen molar-refractivity contribution in [1.29, 1.82) is 0 Å². The lowest BCUT2D eigenvalue weighted by Crippen LogP contribution is -2.38. The van der Waals surface area contributed by atoms with Gasteiger partial charge in [-0.1, -0.05) is 43.2 Å². The van der Waals surface area contributed by atoms with Gasteiger partial charge in [-0.25, -0.2) is 0 Å². The highest BCUT2D eigenvalue weighted by Gasteiger charge is 2.45. The molecule has 1 aliphatic heterocycles. The maximum Gasteiger partial charge on any atom is 0.0237 e. The summed E-state index contributed by atoms with van der Waals surface area (Å²) in [5.74, 6) is 0. The van der Waals surface area contributed by atoms with Gasteiger partial charge in [0.25, 0.3) is 0 Å². The van der Waals surface area contributed by atoms with Crippen molar-refractivity contribution in [3.63, 3.8) is 0 Å². The van der Waals surface area contributed by atoms with Crippen molar-refractivity contribution in [3.8, 4) is 0 Å². The summed E-state index contributed by atoms with van der Waals surface area (Å²) in [5, 5.41) is 0. The lowest BCUT2D eigenvalue weighted by Gasteiger charge is -2.27. The highest BCUT2D eigenvalue weighted by molar-refractivity contribution is 5.15. The highest BCUT2D eigenvalue weighted by atomic mass is 15.2. The Balaban J connectivity index is 1.56. The van der Waals surface area contributed by atoms with E-state index in [1.807, 2.05) is 0 Å². The van der Waals surface area contributed by atoms with Gasteiger partial charge >= 0.3 is 0 Å². The van der Waals surface area contributed by atoms with E-state index in [-0.39, 0.29) is 0 Å². The molecule has 1 saturated heterocycles. The summed E-state index contributed by atoms with van der Waals surface area (Å²) >= 11 is 0. The van der Waals surface area contributed by atoms with Crippen LogP contribution in [-0.2, 0) is 6.42 Å². The number of nitrogens with two attached hydrogens (primary N) is 1. The minimum absolute atomic E-state index is 0.413. The van der Waals surface area contributed by atoms with Crippen molar-refractivity contribution in [1.82, 2.24) is 4.90 Å². The summed E-state index contributed by atoms with van der Waals surface area (Å²) in [5.41, 5.74) is 8.30. The molecule has 2 aliphatic rings. The van der Waals surface area contributed by atoms with Crippen molar-refractivity contribution < 1.29 is 0 Å². The molecule has 0 radical (unpaired) electrons. The second-order valence-corrected chi connectivity index (χ2v) is 6.15. The molecule has 2 N–H and O–H groups in total. The summed E-state index contributed by atoms with van der Waals surface area (Å²) in [6.07, 6.45) is 6.65. The molecule has 1 heterocycles. The lowest BCUT2D eigenvalue weighted by atomic mass is 9.82. The standard InChI is InChI=1S/C16H24N2/c17-15-12-18(13-16(15)9-4-5-10-16)11-8-14-6-2-1-3-7-14/h1-3,6-7,15H,4-5,8-13,17H2. The average Bonchev–Trinajstić information content (AvgIpc) is 2.98. The first-order valence-corrected chi connectivity index (χ1v) is 7.30. The first-order chi connectivity index (χ1) is 8.78. The van der Waals surface area contributed by atoms with E-state index in [1.54, 1.807) is 0 Å². The van der Waals surface area contributed by atoms with Crippen LogP contribution in [0.2, 0.25) is 0 Å². The molecule has 3 rings (SSSR count). The SMILES string of the molecule is NC1CN(CCc2ccccc2)CC12CCCC2.